The molecule has 1 unspecified atom stereocenters. The lowest BCUT2D eigenvalue weighted by Crippen LogP contribution is -2.42. The number of aliphatic carboxylic acids is 1. The molecule has 0 amide bonds. The number of benzene rings is 1. The Morgan fingerprint density at radius 2 is 1.23 bits per heavy atom. The van der Waals surface area contributed by atoms with E-state index < -0.39 is 42.3 Å². The van der Waals surface area contributed by atoms with E-state index in [1.807, 2.05) is 0 Å². The maximum atomic E-state index is 12.2. The molecule has 7 nitrogen and oxygen atoms in total. The SMILES string of the molecule is CC[Si](CC)(CC)O[C@@H](CCc1ccccc1)CC[C@@H]1[C@@H](CC=CCCC(CC(C)(CO)CO)C(=O)O)[C@@H](O[Si](CC)(CC)CC)C[C@H]1O[Si](CC)(CC)CC. The summed E-state index contributed by atoms with van der Waals surface area (Å²) in [6.07, 6.45) is 12.4. The molecule has 2 rings (SSSR count). The largest absolute Gasteiger partial charge is 0.481 e. The summed E-state index contributed by atoms with van der Waals surface area (Å²) < 4.78 is 22.4. The van der Waals surface area contributed by atoms with E-state index in [2.05, 4.69) is 105 Å². The molecule has 0 aliphatic heterocycles. The van der Waals surface area contributed by atoms with E-state index in [4.69, 9.17) is 13.3 Å². The zero-order chi connectivity index (χ0) is 41.8. The number of aliphatic hydroxyl groups excluding tert-OH is 2. The van der Waals surface area contributed by atoms with Gasteiger partial charge in [0.25, 0.3) is 0 Å². The maximum Gasteiger partial charge on any atom is 0.306 e. The first-order valence-electron chi connectivity index (χ1n) is 23.0. The van der Waals surface area contributed by atoms with Gasteiger partial charge >= 0.3 is 5.97 Å². The van der Waals surface area contributed by atoms with E-state index >= 15 is 0 Å². The fourth-order valence-electron chi connectivity index (χ4n) is 9.49. The minimum Gasteiger partial charge on any atom is -0.481 e. The quantitative estimate of drug-likeness (QED) is 0.0505. The Hall–Kier alpha value is -1.12. The number of rotatable bonds is 31. The summed E-state index contributed by atoms with van der Waals surface area (Å²) in [6, 6.07) is 21.1. The molecule has 10 heteroatoms. The average Bonchev–Trinajstić information content (AvgIpc) is 3.55. The van der Waals surface area contributed by atoms with Gasteiger partial charge in [0.1, 0.15) is 0 Å². The number of aryl methyl sites for hydroxylation is 1. The first-order valence-corrected chi connectivity index (χ1v) is 30.5. The van der Waals surface area contributed by atoms with Gasteiger partial charge in [-0.25, -0.2) is 0 Å². The van der Waals surface area contributed by atoms with Gasteiger partial charge in [-0.2, -0.15) is 0 Å². The van der Waals surface area contributed by atoms with Crippen molar-refractivity contribution in [3.8, 4) is 0 Å². The summed E-state index contributed by atoms with van der Waals surface area (Å²) in [4.78, 5) is 12.2. The van der Waals surface area contributed by atoms with Crippen LogP contribution in [0.5, 0.6) is 0 Å². The molecule has 324 valence electrons. The van der Waals surface area contributed by atoms with Crippen molar-refractivity contribution in [3.05, 3.63) is 48.0 Å². The van der Waals surface area contributed by atoms with Gasteiger partial charge < -0.3 is 28.6 Å². The number of hydrogen-bond acceptors (Lipinski definition) is 6. The van der Waals surface area contributed by atoms with Crippen LogP contribution < -0.4 is 0 Å². The first kappa shape index (κ1) is 51.0. The number of carboxylic acids is 1. The second-order valence-electron chi connectivity index (χ2n) is 17.6. The number of allylic oxidation sites excluding steroid dienone is 2. The van der Waals surface area contributed by atoms with Crippen molar-refractivity contribution in [2.45, 2.75) is 200 Å². The summed E-state index contributed by atoms with van der Waals surface area (Å²) in [6.45, 7) is 22.3. The van der Waals surface area contributed by atoms with Crippen LogP contribution in [0.2, 0.25) is 54.4 Å². The van der Waals surface area contributed by atoms with Crippen molar-refractivity contribution in [1.82, 2.24) is 0 Å². The molecule has 0 spiro atoms. The Kier molecular flexibility index (Phi) is 23.2. The summed E-state index contributed by atoms with van der Waals surface area (Å²) in [5, 5.41) is 29.7. The molecule has 1 fully saturated rings. The van der Waals surface area contributed by atoms with Crippen LogP contribution in [0.1, 0.15) is 126 Å². The van der Waals surface area contributed by atoms with Crippen molar-refractivity contribution >= 4 is 30.9 Å². The van der Waals surface area contributed by atoms with E-state index in [-0.39, 0.29) is 37.9 Å². The second kappa shape index (κ2) is 25.5. The average molecular weight is 835 g/mol. The third kappa shape index (κ3) is 14.9. The molecule has 0 bridgehead atoms. The molecule has 56 heavy (non-hydrogen) atoms. The molecule has 0 aromatic heterocycles. The van der Waals surface area contributed by atoms with E-state index in [9.17, 15) is 20.1 Å². The van der Waals surface area contributed by atoms with Crippen molar-refractivity contribution in [1.29, 1.82) is 0 Å². The van der Waals surface area contributed by atoms with Gasteiger partial charge in [-0.05, 0) is 130 Å². The van der Waals surface area contributed by atoms with Crippen LogP contribution in [0.25, 0.3) is 0 Å². The van der Waals surface area contributed by atoms with Crippen LogP contribution in [0, 0.1) is 23.2 Å². The third-order valence-electron chi connectivity index (χ3n) is 14.5. The lowest BCUT2D eigenvalue weighted by atomic mass is 9.80. The normalized spacial score (nSPS) is 20.9. The van der Waals surface area contributed by atoms with E-state index in [0.717, 1.165) is 92.9 Å². The molecular formula is C46H86O7Si3. The molecule has 1 aliphatic rings. The van der Waals surface area contributed by atoms with Crippen LogP contribution in [0.3, 0.4) is 0 Å². The van der Waals surface area contributed by atoms with Gasteiger partial charge in [0, 0.05) is 11.5 Å². The lowest BCUT2D eigenvalue weighted by Gasteiger charge is -2.37. The summed E-state index contributed by atoms with van der Waals surface area (Å²) in [7, 11) is -5.66. The van der Waals surface area contributed by atoms with E-state index in [0.29, 0.717) is 24.7 Å². The van der Waals surface area contributed by atoms with Crippen molar-refractivity contribution in [3.63, 3.8) is 0 Å². The number of aliphatic hydroxyl groups is 2. The molecule has 0 saturated heterocycles. The molecule has 1 aromatic rings. The fraction of sp³-hybridized carbons (Fsp3) is 0.804. The zero-order valence-corrected chi connectivity index (χ0v) is 40.6. The topological polar surface area (TPSA) is 105 Å². The molecule has 1 aliphatic carbocycles. The minimum absolute atomic E-state index is 0.152. The Balaban J connectivity index is 2.52. The van der Waals surface area contributed by atoms with Gasteiger partial charge in [0.15, 0.2) is 25.0 Å². The molecule has 1 saturated carbocycles. The maximum absolute atomic E-state index is 12.2. The van der Waals surface area contributed by atoms with E-state index in [1.54, 1.807) is 6.92 Å². The van der Waals surface area contributed by atoms with Crippen LogP contribution in [-0.2, 0) is 24.5 Å². The molecule has 3 N–H and O–H groups in total. The van der Waals surface area contributed by atoms with Crippen molar-refractivity contribution < 1.29 is 33.4 Å². The molecular weight excluding hydrogens is 749 g/mol. The van der Waals surface area contributed by atoms with Crippen molar-refractivity contribution in [2.24, 2.45) is 23.2 Å². The van der Waals surface area contributed by atoms with Gasteiger partial charge in [0.2, 0.25) is 0 Å². The van der Waals surface area contributed by atoms with Crippen LogP contribution in [0.4, 0.5) is 0 Å². The number of hydrogen-bond donors (Lipinski definition) is 3. The van der Waals surface area contributed by atoms with Crippen molar-refractivity contribution in [2.75, 3.05) is 13.2 Å². The summed E-state index contributed by atoms with van der Waals surface area (Å²) >= 11 is 0. The van der Waals surface area contributed by atoms with E-state index in [1.165, 1.54) is 5.56 Å². The molecule has 6 atom stereocenters. The monoisotopic (exact) mass is 835 g/mol. The van der Waals surface area contributed by atoms with Crippen LogP contribution in [0.15, 0.2) is 42.5 Å². The predicted octanol–water partition coefficient (Wildman–Crippen LogP) is 12.0. The summed E-state index contributed by atoms with van der Waals surface area (Å²) in [5.74, 6) is -0.788. The highest BCUT2D eigenvalue weighted by Crippen LogP contribution is 2.46. The third-order valence-corrected chi connectivity index (χ3v) is 28.6. The summed E-state index contributed by atoms with van der Waals surface area (Å²) in [5.41, 5.74) is 0.575. The minimum atomic E-state index is -1.91. The first-order chi connectivity index (χ1) is 26.8. The predicted molar refractivity (Wildman–Crippen MR) is 243 cm³/mol. The smallest absolute Gasteiger partial charge is 0.306 e. The highest BCUT2D eigenvalue weighted by atomic mass is 28.4. The van der Waals surface area contributed by atoms with Gasteiger partial charge in [-0.1, -0.05) is 112 Å². The van der Waals surface area contributed by atoms with Crippen LogP contribution >= 0.6 is 0 Å². The Labute approximate surface area is 347 Å². The number of carboxylic acid groups (broad SMARTS) is 1. The van der Waals surface area contributed by atoms with Crippen LogP contribution in [-0.4, -0.2) is 77.8 Å². The zero-order valence-electron chi connectivity index (χ0n) is 37.6. The van der Waals surface area contributed by atoms with Gasteiger partial charge in [0.05, 0.1) is 31.3 Å². The Morgan fingerprint density at radius 1 is 0.732 bits per heavy atom. The molecule has 0 radical (unpaired) electrons. The second-order valence-corrected chi connectivity index (χ2v) is 31.8. The fourth-order valence-corrected chi connectivity index (χ4v) is 18.3. The van der Waals surface area contributed by atoms with Gasteiger partial charge in [-0.15, -0.1) is 0 Å². The number of carbonyl (C=O) groups is 1. The Bertz CT molecular complexity index is 1210. The Morgan fingerprint density at radius 3 is 1.70 bits per heavy atom. The lowest BCUT2D eigenvalue weighted by molar-refractivity contribution is -0.143. The molecule has 1 aromatic carbocycles. The highest BCUT2D eigenvalue weighted by Gasteiger charge is 2.49. The standard InChI is InChI=1S/C46H86O7Si3/c1-11-54(12-2,13-3)51-40(31-30-38-26-22-20-23-27-38)32-33-42-41(29-25-21-24-28-39(45(49)50)35-46(10,36-47)37-48)43(52-55(14-4,15-5)16-6)34-44(42)53-56(17-7,18-8)19-9/h20-23,25-27,39-44,47-48H,11-19,24,28-37H2,1-10H3,(H,49,50)/t39?,40-,41+,42+,43-,44+/m0/s1. The molecule has 0 heterocycles. The van der Waals surface area contributed by atoms with Gasteiger partial charge in [-0.3, -0.25) is 4.79 Å². The highest BCUT2D eigenvalue weighted by molar-refractivity contribution is 6.74.